The highest BCUT2D eigenvalue weighted by Gasteiger charge is 2.32. The van der Waals surface area contributed by atoms with Crippen LogP contribution in [0.4, 0.5) is 18.3 Å². The number of thiazole rings is 1. The van der Waals surface area contributed by atoms with Gasteiger partial charge in [0.15, 0.2) is 16.8 Å². The second-order valence-corrected chi connectivity index (χ2v) is 10.7. The molecule has 0 unspecified atom stereocenters. The van der Waals surface area contributed by atoms with Crippen molar-refractivity contribution in [3.63, 3.8) is 0 Å². The van der Waals surface area contributed by atoms with Crippen LogP contribution in [-0.4, -0.2) is 36.7 Å². The quantitative estimate of drug-likeness (QED) is 0.556. The van der Waals surface area contributed by atoms with E-state index in [0.717, 1.165) is 22.6 Å². The van der Waals surface area contributed by atoms with Crippen molar-refractivity contribution in [3.8, 4) is 0 Å². The van der Waals surface area contributed by atoms with Gasteiger partial charge in [-0.05, 0) is 48.7 Å². The minimum Gasteiger partial charge on any atom is -0.302 e. The van der Waals surface area contributed by atoms with Gasteiger partial charge in [0.25, 0.3) is 0 Å². The third-order valence-electron chi connectivity index (χ3n) is 5.40. The molecule has 4 rings (SSSR count). The van der Waals surface area contributed by atoms with Gasteiger partial charge >= 0.3 is 0 Å². The molecule has 1 fully saturated rings. The monoisotopic (exact) mass is 495 g/mol. The van der Waals surface area contributed by atoms with Gasteiger partial charge in [0.2, 0.25) is 15.9 Å². The van der Waals surface area contributed by atoms with Crippen LogP contribution >= 0.6 is 11.3 Å². The molecule has 2 aromatic carbocycles. The molecule has 1 saturated heterocycles. The van der Waals surface area contributed by atoms with Crippen LogP contribution in [0.15, 0.2) is 53.6 Å². The summed E-state index contributed by atoms with van der Waals surface area (Å²) in [6.07, 6.45) is 2.69. The van der Waals surface area contributed by atoms with Gasteiger partial charge in [-0.1, -0.05) is 12.1 Å². The number of sulfonamides is 1. The lowest BCUT2D eigenvalue weighted by Crippen LogP contribution is -2.41. The van der Waals surface area contributed by atoms with Gasteiger partial charge in [0.1, 0.15) is 5.82 Å². The molecule has 1 N–H and O–H groups in total. The summed E-state index contributed by atoms with van der Waals surface area (Å²) < 4.78 is 66.5. The van der Waals surface area contributed by atoms with Crippen molar-refractivity contribution in [2.45, 2.75) is 24.2 Å². The average Bonchev–Trinajstić information content (AvgIpc) is 3.22. The van der Waals surface area contributed by atoms with Gasteiger partial charge in [-0.25, -0.2) is 26.6 Å². The molecular weight excluding hydrogens is 475 g/mol. The van der Waals surface area contributed by atoms with Crippen LogP contribution in [0.25, 0.3) is 0 Å². The summed E-state index contributed by atoms with van der Waals surface area (Å²) in [6.45, 7) is 0.171. The number of benzene rings is 2. The molecule has 174 valence electrons. The van der Waals surface area contributed by atoms with E-state index < -0.39 is 27.6 Å². The molecule has 1 amide bonds. The Kier molecular flexibility index (Phi) is 6.82. The van der Waals surface area contributed by atoms with Crippen molar-refractivity contribution in [3.05, 3.63) is 76.6 Å². The Bertz CT molecular complexity index is 1270. The molecule has 6 nitrogen and oxygen atoms in total. The van der Waals surface area contributed by atoms with Crippen LogP contribution in [0.2, 0.25) is 0 Å². The minimum atomic E-state index is -3.98. The second kappa shape index (κ2) is 9.62. The first-order valence-corrected chi connectivity index (χ1v) is 12.4. The Labute approximate surface area is 193 Å². The zero-order chi connectivity index (χ0) is 23.6. The number of hydrogen-bond acceptors (Lipinski definition) is 5. The lowest BCUT2D eigenvalue weighted by molar-refractivity contribution is -0.120. The fourth-order valence-electron chi connectivity index (χ4n) is 3.65. The van der Waals surface area contributed by atoms with Gasteiger partial charge in [-0.3, -0.25) is 4.79 Å². The van der Waals surface area contributed by atoms with Crippen molar-refractivity contribution in [1.29, 1.82) is 0 Å². The van der Waals surface area contributed by atoms with Crippen molar-refractivity contribution in [2.24, 2.45) is 5.92 Å². The summed E-state index contributed by atoms with van der Waals surface area (Å²) in [5.41, 5.74) is 0.797. The third kappa shape index (κ3) is 5.43. The first kappa shape index (κ1) is 23.4. The molecule has 0 atom stereocenters. The van der Waals surface area contributed by atoms with Crippen LogP contribution in [-0.2, 0) is 21.2 Å². The molecule has 3 aromatic rings. The number of anilines is 1. The van der Waals surface area contributed by atoms with E-state index in [-0.39, 0.29) is 42.6 Å². The molecule has 0 bridgehead atoms. The predicted octanol–water partition coefficient (Wildman–Crippen LogP) is 4.19. The zero-order valence-electron chi connectivity index (χ0n) is 17.3. The summed E-state index contributed by atoms with van der Waals surface area (Å²) >= 11 is 1.29. The number of rotatable bonds is 6. The number of hydrogen-bond donors (Lipinski definition) is 1. The lowest BCUT2D eigenvalue weighted by Gasteiger charge is -2.30. The normalized spacial score (nSPS) is 15.5. The number of halogens is 3. The molecule has 11 heteroatoms. The molecule has 0 radical (unpaired) electrons. The largest absolute Gasteiger partial charge is 0.302 e. The van der Waals surface area contributed by atoms with E-state index in [9.17, 15) is 26.4 Å². The fourth-order valence-corrected chi connectivity index (χ4v) is 5.98. The number of nitrogens with zero attached hydrogens (tertiary/aromatic N) is 2. The zero-order valence-corrected chi connectivity index (χ0v) is 18.9. The number of piperidine rings is 1. The number of carbonyl (C=O) groups is 1. The van der Waals surface area contributed by atoms with E-state index in [1.165, 1.54) is 27.8 Å². The van der Waals surface area contributed by atoms with Crippen LogP contribution in [0, 0.1) is 23.4 Å². The second-order valence-electron chi connectivity index (χ2n) is 7.68. The molecule has 1 aliphatic rings. The summed E-state index contributed by atoms with van der Waals surface area (Å²) in [6, 6.07) is 8.72. The van der Waals surface area contributed by atoms with Gasteiger partial charge in [-0.15, -0.1) is 11.3 Å². The van der Waals surface area contributed by atoms with Crippen molar-refractivity contribution < 1.29 is 26.4 Å². The Morgan fingerprint density at radius 2 is 1.85 bits per heavy atom. The first-order valence-electron chi connectivity index (χ1n) is 10.2. The van der Waals surface area contributed by atoms with E-state index in [4.69, 9.17) is 0 Å². The molecule has 1 aromatic heterocycles. The SMILES string of the molecule is O=C(Nc1ncc(Cc2cccc(F)c2)s1)C1CCN(S(=O)(=O)c2ccc(F)c(F)c2)CC1. The standard InChI is InChI=1S/C22H20F3N3O3S2/c23-16-3-1-2-14(10-16)11-17-13-26-22(32-17)27-21(29)15-6-8-28(9-7-15)33(30,31)18-4-5-19(24)20(25)12-18/h1-5,10,12-13,15H,6-9,11H2,(H,26,27,29). The number of amides is 1. The van der Waals surface area contributed by atoms with Crippen LogP contribution in [0.1, 0.15) is 23.3 Å². The van der Waals surface area contributed by atoms with Gasteiger partial charge < -0.3 is 5.32 Å². The smallest absolute Gasteiger partial charge is 0.243 e. The molecule has 0 saturated carbocycles. The van der Waals surface area contributed by atoms with Gasteiger partial charge in [0.05, 0.1) is 4.90 Å². The Hall–Kier alpha value is -2.76. The first-order chi connectivity index (χ1) is 15.7. The molecule has 0 spiro atoms. The molecule has 33 heavy (non-hydrogen) atoms. The summed E-state index contributed by atoms with van der Waals surface area (Å²) in [7, 11) is -3.98. The predicted molar refractivity (Wildman–Crippen MR) is 118 cm³/mol. The van der Waals surface area contributed by atoms with Crippen molar-refractivity contribution >= 4 is 32.4 Å². The van der Waals surface area contributed by atoms with Gasteiger partial charge in [-0.2, -0.15) is 4.31 Å². The van der Waals surface area contributed by atoms with E-state index >= 15 is 0 Å². The number of aromatic nitrogens is 1. The molecule has 2 heterocycles. The van der Waals surface area contributed by atoms with Crippen molar-refractivity contribution in [2.75, 3.05) is 18.4 Å². The Balaban J connectivity index is 1.33. The summed E-state index contributed by atoms with van der Waals surface area (Å²) in [5, 5.41) is 3.18. The third-order valence-corrected chi connectivity index (χ3v) is 8.21. The van der Waals surface area contributed by atoms with E-state index in [2.05, 4.69) is 10.3 Å². The van der Waals surface area contributed by atoms with Crippen LogP contribution < -0.4 is 5.32 Å². The maximum Gasteiger partial charge on any atom is 0.243 e. The minimum absolute atomic E-state index is 0.0854. The highest BCUT2D eigenvalue weighted by Crippen LogP contribution is 2.27. The van der Waals surface area contributed by atoms with E-state index in [0.29, 0.717) is 17.6 Å². The summed E-state index contributed by atoms with van der Waals surface area (Å²) in [5.74, 6) is -3.33. The Morgan fingerprint density at radius 3 is 2.55 bits per heavy atom. The highest BCUT2D eigenvalue weighted by atomic mass is 32.2. The molecule has 0 aliphatic carbocycles. The maximum absolute atomic E-state index is 13.5. The maximum atomic E-state index is 13.5. The lowest BCUT2D eigenvalue weighted by atomic mass is 9.97. The van der Waals surface area contributed by atoms with Crippen LogP contribution in [0.3, 0.4) is 0 Å². The van der Waals surface area contributed by atoms with E-state index in [1.54, 1.807) is 12.3 Å². The fraction of sp³-hybridized carbons (Fsp3) is 0.273. The van der Waals surface area contributed by atoms with E-state index in [1.807, 2.05) is 6.07 Å². The average molecular weight is 496 g/mol. The van der Waals surface area contributed by atoms with Crippen molar-refractivity contribution in [1.82, 2.24) is 9.29 Å². The van der Waals surface area contributed by atoms with Crippen LogP contribution in [0.5, 0.6) is 0 Å². The number of carbonyl (C=O) groups excluding carboxylic acids is 1. The highest BCUT2D eigenvalue weighted by molar-refractivity contribution is 7.89. The Morgan fingerprint density at radius 1 is 1.09 bits per heavy atom. The molecule has 1 aliphatic heterocycles. The topological polar surface area (TPSA) is 79.4 Å². The summed E-state index contributed by atoms with van der Waals surface area (Å²) in [4.78, 5) is 17.4. The van der Waals surface area contributed by atoms with Gasteiger partial charge in [0, 0.05) is 36.5 Å². The molecular formula is C22H20F3N3O3S2. The number of nitrogens with one attached hydrogen (secondary N) is 1.